The van der Waals surface area contributed by atoms with Crippen molar-refractivity contribution in [1.82, 2.24) is 9.88 Å². The van der Waals surface area contributed by atoms with Gasteiger partial charge < -0.3 is 35.3 Å². The number of pyridine rings is 1. The van der Waals surface area contributed by atoms with E-state index in [1.54, 1.807) is 0 Å². The van der Waals surface area contributed by atoms with Crippen LogP contribution in [0.2, 0.25) is 0 Å². The van der Waals surface area contributed by atoms with E-state index in [1.165, 1.54) is 40.0 Å². The number of hydrogen-bond acceptors (Lipinski definition) is 8. The van der Waals surface area contributed by atoms with E-state index in [0.29, 0.717) is 6.07 Å². The van der Waals surface area contributed by atoms with Gasteiger partial charge in [0.25, 0.3) is 0 Å². The molecule has 4 N–H and O–H groups in total. The fourth-order valence-electron chi connectivity index (χ4n) is 4.09. The molecule has 256 valence electrons. The fourth-order valence-corrected chi connectivity index (χ4v) is 4.09. The number of anilines is 3. The Morgan fingerprint density at radius 2 is 1.66 bits per heavy atom. The lowest BCUT2D eigenvalue weighted by Gasteiger charge is -2.29. The van der Waals surface area contributed by atoms with Gasteiger partial charge in [0, 0.05) is 30.3 Å². The molecule has 1 amide bonds. The van der Waals surface area contributed by atoms with E-state index in [9.17, 15) is 45.4 Å². The number of alkyl halides is 6. The highest BCUT2D eigenvalue weighted by Crippen LogP contribution is 2.38. The summed E-state index contributed by atoms with van der Waals surface area (Å²) in [6.45, 7) is 3.23. The molecule has 0 atom stereocenters. The molecule has 0 aliphatic rings. The molecular weight excluding hydrogens is 652 g/mol. The second-order valence-corrected chi connectivity index (χ2v) is 10.8. The first-order valence-corrected chi connectivity index (χ1v) is 13.3. The SMILES string of the molecule is COc1ccc(N)c(CCN(Cc2c(Nc3cc(C(F)(F)F)c(F)cc3C(=O)O)ccc(OC(F)(F)F)c2F)C(=O)OC(C)(C)C)n1. The lowest BCUT2D eigenvalue weighted by atomic mass is 10.1. The molecule has 3 aromatic rings. The van der Waals surface area contributed by atoms with Crippen LogP contribution in [-0.2, 0) is 23.9 Å². The molecule has 1 heterocycles. The van der Waals surface area contributed by atoms with Gasteiger partial charge in [-0.25, -0.2) is 23.4 Å². The summed E-state index contributed by atoms with van der Waals surface area (Å²) in [6, 6.07) is 4.30. The van der Waals surface area contributed by atoms with Gasteiger partial charge in [-0.05, 0) is 51.1 Å². The zero-order valence-corrected chi connectivity index (χ0v) is 25.1. The van der Waals surface area contributed by atoms with E-state index in [0.717, 1.165) is 11.0 Å². The van der Waals surface area contributed by atoms with Crippen molar-refractivity contribution in [3.05, 3.63) is 70.4 Å². The van der Waals surface area contributed by atoms with Crippen molar-refractivity contribution in [3.63, 3.8) is 0 Å². The van der Waals surface area contributed by atoms with Gasteiger partial charge in [0.15, 0.2) is 11.6 Å². The fraction of sp³-hybridized carbons (Fsp3) is 0.345. The summed E-state index contributed by atoms with van der Waals surface area (Å²) in [4.78, 5) is 30.1. The Labute approximate surface area is 262 Å². The molecule has 10 nitrogen and oxygen atoms in total. The Hall–Kier alpha value is -5.03. The van der Waals surface area contributed by atoms with Gasteiger partial charge in [0.05, 0.1) is 41.9 Å². The monoisotopic (exact) mass is 680 g/mol. The van der Waals surface area contributed by atoms with Crippen LogP contribution >= 0.6 is 0 Å². The number of benzene rings is 2. The van der Waals surface area contributed by atoms with Crippen molar-refractivity contribution in [2.24, 2.45) is 0 Å². The Bertz CT molecular complexity index is 1640. The lowest BCUT2D eigenvalue weighted by molar-refractivity contribution is -0.275. The number of nitrogens with two attached hydrogens (primary N) is 1. The molecule has 0 saturated heterocycles. The van der Waals surface area contributed by atoms with Crippen LogP contribution in [0.4, 0.5) is 57.0 Å². The highest BCUT2D eigenvalue weighted by Gasteiger charge is 2.37. The highest BCUT2D eigenvalue weighted by atomic mass is 19.4. The largest absolute Gasteiger partial charge is 0.573 e. The summed E-state index contributed by atoms with van der Waals surface area (Å²) in [6.07, 6.45) is -11.9. The summed E-state index contributed by atoms with van der Waals surface area (Å²) in [5, 5.41) is 11.8. The van der Waals surface area contributed by atoms with Crippen LogP contribution < -0.4 is 20.5 Å². The van der Waals surface area contributed by atoms with E-state index >= 15 is 4.39 Å². The Morgan fingerprint density at radius 1 is 1.00 bits per heavy atom. The normalized spacial score (nSPS) is 12.0. The topological polar surface area (TPSA) is 136 Å². The van der Waals surface area contributed by atoms with Crippen LogP contribution in [0, 0.1) is 11.6 Å². The predicted molar refractivity (Wildman–Crippen MR) is 150 cm³/mol. The molecule has 0 saturated carbocycles. The van der Waals surface area contributed by atoms with E-state index < -0.39 is 82.2 Å². The molecule has 0 unspecified atom stereocenters. The number of nitrogens with zero attached hydrogens (tertiary/aromatic N) is 2. The van der Waals surface area contributed by atoms with Crippen molar-refractivity contribution < 1.29 is 64.0 Å². The van der Waals surface area contributed by atoms with E-state index in [2.05, 4.69) is 15.0 Å². The standard InChI is InChI=1S/C29H28F8N4O6/c1-27(2,3)47-26(44)41(10-9-20-18(38)5-8-23(40-20)45-4)13-15-19(6-7-22(24(15)31)46-29(35,36)37)39-21-12-16(28(32,33)34)17(30)11-14(21)25(42)43/h5-8,11-12,39H,9-10,13,38H2,1-4H3,(H,42,43). The van der Waals surface area contributed by atoms with Crippen molar-refractivity contribution in [3.8, 4) is 11.6 Å². The van der Waals surface area contributed by atoms with Crippen molar-refractivity contribution in [2.75, 3.05) is 24.7 Å². The average molecular weight is 681 g/mol. The first-order valence-electron chi connectivity index (χ1n) is 13.3. The van der Waals surface area contributed by atoms with E-state index in [-0.39, 0.29) is 42.4 Å². The number of aromatic nitrogens is 1. The molecular formula is C29H28F8N4O6. The highest BCUT2D eigenvalue weighted by molar-refractivity contribution is 5.95. The quantitative estimate of drug-likeness (QED) is 0.189. The van der Waals surface area contributed by atoms with Crippen molar-refractivity contribution in [2.45, 2.75) is 51.9 Å². The molecule has 3 rings (SSSR count). The Balaban J connectivity index is 2.17. The summed E-state index contributed by atoms with van der Waals surface area (Å²) >= 11 is 0. The van der Waals surface area contributed by atoms with Gasteiger partial charge in [-0.2, -0.15) is 13.2 Å². The maximum atomic E-state index is 15.8. The second-order valence-electron chi connectivity index (χ2n) is 10.8. The third-order valence-electron chi connectivity index (χ3n) is 6.16. The number of carbonyl (C=O) groups is 2. The number of nitrogen functional groups attached to an aromatic ring is 1. The van der Waals surface area contributed by atoms with Gasteiger partial charge in [-0.1, -0.05) is 0 Å². The van der Waals surface area contributed by atoms with Gasteiger partial charge in [0.1, 0.15) is 11.4 Å². The van der Waals surface area contributed by atoms with Gasteiger partial charge in [-0.3, -0.25) is 0 Å². The summed E-state index contributed by atoms with van der Waals surface area (Å²) in [7, 11) is 1.33. The molecule has 2 aromatic carbocycles. The van der Waals surface area contributed by atoms with Gasteiger partial charge in [0.2, 0.25) is 5.88 Å². The van der Waals surface area contributed by atoms with Crippen LogP contribution in [0.3, 0.4) is 0 Å². The number of methoxy groups -OCH3 is 1. The molecule has 0 aliphatic carbocycles. The van der Waals surface area contributed by atoms with Crippen LogP contribution in [0.15, 0.2) is 36.4 Å². The minimum absolute atomic E-state index is 0.0726. The summed E-state index contributed by atoms with van der Waals surface area (Å²) < 4.78 is 124. The van der Waals surface area contributed by atoms with Crippen molar-refractivity contribution >= 4 is 29.1 Å². The molecule has 0 bridgehead atoms. The van der Waals surface area contributed by atoms with Crippen LogP contribution in [0.1, 0.15) is 48.0 Å². The number of ether oxygens (including phenoxy) is 3. The first-order chi connectivity index (χ1) is 21.6. The zero-order valence-electron chi connectivity index (χ0n) is 25.1. The number of rotatable bonds is 10. The van der Waals surface area contributed by atoms with Gasteiger partial charge in [-0.15, -0.1) is 13.2 Å². The number of amides is 1. The molecule has 0 spiro atoms. The van der Waals surface area contributed by atoms with Crippen LogP contribution in [0.25, 0.3) is 0 Å². The van der Waals surface area contributed by atoms with E-state index in [4.69, 9.17) is 15.2 Å². The minimum atomic E-state index is -5.39. The maximum Gasteiger partial charge on any atom is 0.573 e. The number of carboxylic acid groups (broad SMARTS) is 1. The number of nitrogens with one attached hydrogen (secondary N) is 1. The van der Waals surface area contributed by atoms with Gasteiger partial charge >= 0.3 is 24.6 Å². The summed E-state index contributed by atoms with van der Waals surface area (Å²) in [5.74, 6) is -6.76. The Kier molecular flexibility index (Phi) is 10.7. The number of halogens is 8. The lowest BCUT2D eigenvalue weighted by Crippen LogP contribution is -2.38. The minimum Gasteiger partial charge on any atom is -0.481 e. The molecule has 0 aliphatic heterocycles. The third-order valence-corrected chi connectivity index (χ3v) is 6.16. The molecule has 18 heteroatoms. The molecule has 0 radical (unpaired) electrons. The predicted octanol–water partition coefficient (Wildman–Crippen LogP) is 7.29. The number of aromatic carboxylic acids is 1. The molecule has 1 aromatic heterocycles. The van der Waals surface area contributed by atoms with Crippen LogP contribution in [-0.4, -0.2) is 52.7 Å². The first kappa shape index (κ1) is 36.4. The van der Waals surface area contributed by atoms with Crippen LogP contribution in [0.5, 0.6) is 11.6 Å². The summed E-state index contributed by atoms with van der Waals surface area (Å²) in [5.41, 5.74) is 0.0295. The molecule has 47 heavy (non-hydrogen) atoms. The van der Waals surface area contributed by atoms with E-state index in [1.807, 2.05) is 0 Å². The number of carbonyl (C=O) groups excluding carboxylic acids is 1. The zero-order chi connectivity index (χ0) is 35.5. The van der Waals surface area contributed by atoms with Crippen molar-refractivity contribution in [1.29, 1.82) is 0 Å². The third kappa shape index (κ3) is 9.73. The smallest absolute Gasteiger partial charge is 0.481 e. The number of carboxylic acids is 1. The molecule has 0 fully saturated rings. The number of hydrogen-bond donors (Lipinski definition) is 3. The Morgan fingerprint density at radius 3 is 2.21 bits per heavy atom. The second kappa shape index (κ2) is 13.8. The average Bonchev–Trinajstić information content (AvgIpc) is 2.93. The maximum absolute atomic E-state index is 15.8.